The summed E-state index contributed by atoms with van der Waals surface area (Å²) in [7, 11) is 0. The number of rotatable bonds is 1. The SMILES string of the molecule is O=C(O)C(F)(F)F.c1cc(C2CNC2)c2cn[nH]c2c1. The van der Waals surface area contributed by atoms with Gasteiger partial charge in [0.15, 0.2) is 0 Å². The molecule has 8 heteroatoms. The highest BCUT2D eigenvalue weighted by atomic mass is 19.4. The van der Waals surface area contributed by atoms with Crippen LogP contribution in [0, 0.1) is 0 Å². The third-order valence-electron chi connectivity index (χ3n) is 2.98. The van der Waals surface area contributed by atoms with Gasteiger partial charge in [0.05, 0.1) is 11.7 Å². The zero-order valence-corrected chi connectivity index (χ0v) is 10.2. The van der Waals surface area contributed by atoms with E-state index >= 15 is 0 Å². The van der Waals surface area contributed by atoms with Crippen molar-refractivity contribution in [3.8, 4) is 0 Å². The van der Waals surface area contributed by atoms with Crippen LogP contribution in [0.2, 0.25) is 0 Å². The molecule has 1 aliphatic heterocycles. The minimum atomic E-state index is -5.08. The summed E-state index contributed by atoms with van der Waals surface area (Å²) in [4.78, 5) is 8.90. The fourth-order valence-electron chi connectivity index (χ4n) is 1.86. The van der Waals surface area contributed by atoms with E-state index in [-0.39, 0.29) is 0 Å². The average molecular weight is 287 g/mol. The zero-order valence-electron chi connectivity index (χ0n) is 10.2. The van der Waals surface area contributed by atoms with E-state index in [9.17, 15) is 13.2 Å². The van der Waals surface area contributed by atoms with E-state index in [0.717, 1.165) is 18.6 Å². The van der Waals surface area contributed by atoms with Crippen molar-refractivity contribution in [3.05, 3.63) is 30.0 Å². The van der Waals surface area contributed by atoms with E-state index in [0.29, 0.717) is 5.92 Å². The number of nitrogens with one attached hydrogen (secondary N) is 2. The maximum absolute atomic E-state index is 10.6. The van der Waals surface area contributed by atoms with Crippen molar-refractivity contribution < 1.29 is 23.1 Å². The maximum atomic E-state index is 10.6. The van der Waals surface area contributed by atoms with Crippen molar-refractivity contribution in [1.82, 2.24) is 15.5 Å². The molecule has 0 aliphatic carbocycles. The first kappa shape index (κ1) is 14.3. The molecule has 1 aliphatic rings. The number of carboxylic acid groups (broad SMARTS) is 1. The van der Waals surface area contributed by atoms with Gasteiger partial charge in [-0.1, -0.05) is 12.1 Å². The number of fused-ring (bicyclic) bond motifs is 1. The van der Waals surface area contributed by atoms with Gasteiger partial charge in [0.1, 0.15) is 0 Å². The molecule has 108 valence electrons. The first-order chi connectivity index (χ1) is 9.39. The van der Waals surface area contributed by atoms with Crippen molar-refractivity contribution >= 4 is 16.9 Å². The highest BCUT2D eigenvalue weighted by Crippen LogP contribution is 2.26. The van der Waals surface area contributed by atoms with Gasteiger partial charge in [-0.25, -0.2) is 4.79 Å². The topological polar surface area (TPSA) is 78.0 Å². The summed E-state index contributed by atoms with van der Waals surface area (Å²) in [5.41, 5.74) is 2.56. The second kappa shape index (κ2) is 5.49. The van der Waals surface area contributed by atoms with Gasteiger partial charge in [0.2, 0.25) is 0 Å². The van der Waals surface area contributed by atoms with Crippen LogP contribution in [-0.2, 0) is 4.79 Å². The minimum absolute atomic E-state index is 0.682. The Kier molecular flexibility index (Phi) is 3.93. The monoisotopic (exact) mass is 287 g/mol. The zero-order chi connectivity index (χ0) is 14.8. The van der Waals surface area contributed by atoms with E-state index in [1.54, 1.807) is 0 Å². The predicted molar refractivity (Wildman–Crippen MR) is 65.4 cm³/mol. The number of benzene rings is 1. The minimum Gasteiger partial charge on any atom is -0.475 e. The number of aromatic amines is 1. The number of aromatic nitrogens is 2. The molecule has 0 bridgehead atoms. The summed E-state index contributed by atoms with van der Waals surface area (Å²) in [6.45, 7) is 2.20. The Morgan fingerprint density at radius 1 is 1.35 bits per heavy atom. The highest BCUT2D eigenvalue weighted by molar-refractivity contribution is 5.82. The van der Waals surface area contributed by atoms with E-state index in [2.05, 4.69) is 33.7 Å². The number of aliphatic carboxylic acids is 1. The van der Waals surface area contributed by atoms with Crippen molar-refractivity contribution in [3.63, 3.8) is 0 Å². The van der Waals surface area contributed by atoms with Crippen LogP contribution < -0.4 is 5.32 Å². The largest absolute Gasteiger partial charge is 0.490 e. The highest BCUT2D eigenvalue weighted by Gasteiger charge is 2.38. The number of carboxylic acids is 1. The summed E-state index contributed by atoms with van der Waals surface area (Å²) in [6, 6.07) is 6.36. The lowest BCUT2D eigenvalue weighted by atomic mass is 9.91. The molecule has 1 fully saturated rings. The summed E-state index contributed by atoms with van der Waals surface area (Å²) in [5.74, 6) is -2.08. The number of hydrogen-bond acceptors (Lipinski definition) is 3. The van der Waals surface area contributed by atoms with Crippen molar-refractivity contribution in [2.24, 2.45) is 0 Å². The molecule has 2 heterocycles. The third-order valence-corrected chi connectivity index (χ3v) is 2.98. The number of hydrogen-bond donors (Lipinski definition) is 3. The van der Waals surface area contributed by atoms with Crippen LogP contribution in [0.5, 0.6) is 0 Å². The van der Waals surface area contributed by atoms with Gasteiger partial charge in [-0.2, -0.15) is 18.3 Å². The summed E-state index contributed by atoms with van der Waals surface area (Å²) < 4.78 is 31.7. The van der Waals surface area contributed by atoms with Gasteiger partial charge in [-0.15, -0.1) is 0 Å². The van der Waals surface area contributed by atoms with E-state index in [4.69, 9.17) is 9.90 Å². The first-order valence-corrected chi connectivity index (χ1v) is 5.82. The van der Waals surface area contributed by atoms with Gasteiger partial charge in [0.25, 0.3) is 0 Å². The van der Waals surface area contributed by atoms with Crippen LogP contribution in [0.25, 0.3) is 10.9 Å². The number of nitrogens with zero attached hydrogens (tertiary/aromatic N) is 1. The third kappa shape index (κ3) is 3.08. The second-order valence-corrected chi connectivity index (χ2v) is 4.34. The molecule has 5 nitrogen and oxygen atoms in total. The Hall–Kier alpha value is -2.09. The molecule has 0 radical (unpaired) electrons. The van der Waals surface area contributed by atoms with Crippen LogP contribution in [0.4, 0.5) is 13.2 Å². The Labute approximate surface area is 111 Å². The summed E-state index contributed by atoms with van der Waals surface area (Å²) >= 11 is 0. The molecule has 2 aromatic rings. The lowest BCUT2D eigenvalue weighted by Gasteiger charge is -2.27. The van der Waals surface area contributed by atoms with Crippen molar-refractivity contribution in [2.45, 2.75) is 12.1 Å². The molecule has 0 atom stereocenters. The molecule has 1 aromatic heterocycles. The van der Waals surface area contributed by atoms with Crippen LogP contribution in [0.1, 0.15) is 11.5 Å². The lowest BCUT2D eigenvalue weighted by Crippen LogP contribution is -2.39. The molecule has 0 unspecified atom stereocenters. The van der Waals surface area contributed by atoms with E-state index < -0.39 is 12.1 Å². The quantitative estimate of drug-likeness (QED) is 0.748. The average Bonchev–Trinajstić information content (AvgIpc) is 2.75. The molecular formula is C12H12F3N3O2. The smallest absolute Gasteiger partial charge is 0.475 e. The molecule has 3 rings (SSSR count). The Morgan fingerprint density at radius 2 is 2.00 bits per heavy atom. The first-order valence-electron chi connectivity index (χ1n) is 5.82. The summed E-state index contributed by atoms with van der Waals surface area (Å²) in [6.07, 6.45) is -3.16. The van der Waals surface area contributed by atoms with Crippen LogP contribution in [-0.4, -0.2) is 40.5 Å². The van der Waals surface area contributed by atoms with Crippen LogP contribution in [0.15, 0.2) is 24.4 Å². The number of alkyl halides is 3. The molecular weight excluding hydrogens is 275 g/mol. The summed E-state index contributed by atoms with van der Waals surface area (Å²) in [5, 5.41) is 18.7. The maximum Gasteiger partial charge on any atom is 0.490 e. The predicted octanol–water partition coefficient (Wildman–Crippen LogP) is 1.88. The van der Waals surface area contributed by atoms with Crippen molar-refractivity contribution in [2.75, 3.05) is 13.1 Å². The van der Waals surface area contributed by atoms with Gasteiger partial charge in [-0.05, 0) is 11.6 Å². The number of H-pyrrole nitrogens is 1. The fraction of sp³-hybridized carbons (Fsp3) is 0.333. The Morgan fingerprint density at radius 3 is 2.50 bits per heavy atom. The van der Waals surface area contributed by atoms with Crippen LogP contribution in [0.3, 0.4) is 0 Å². The number of halogens is 3. The van der Waals surface area contributed by atoms with E-state index in [1.165, 1.54) is 10.9 Å². The van der Waals surface area contributed by atoms with Gasteiger partial charge in [-0.3, -0.25) is 5.10 Å². The van der Waals surface area contributed by atoms with E-state index in [1.807, 2.05) is 6.20 Å². The fourth-order valence-corrected chi connectivity index (χ4v) is 1.86. The van der Waals surface area contributed by atoms with Gasteiger partial charge in [0, 0.05) is 24.4 Å². The molecule has 0 spiro atoms. The molecule has 1 saturated heterocycles. The van der Waals surface area contributed by atoms with Crippen LogP contribution >= 0.6 is 0 Å². The normalized spacial score (nSPS) is 15.3. The van der Waals surface area contributed by atoms with Gasteiger partial charge < -0.3 is 10.4 Å². The Bertz CT molecular complexity index is 605. The Balaban J connectivity index is 0.000000182. The molecule has 0 amide bonds. The lowest BCUT2D eigenvalue weighted by molar-refractivity contribution is -0.192. The van der Waals surface area contributed by atoms with Crippen molar-refractivity contribution in [1.29, 1.82) is 0 Å². The second-order valence-electron chi connectivity index (χ2n) is 4.34. The number of carbonyl (C=O) groups is 1. The van der Waals surface area contributed by atoms with Gasteiger partial charge >= 0.3 is 12.1 Å². The standard InChI is InChI=1S/C10H11N3.C2HF3O2/c1-2-8(7-4-11-5-7)9-6-12-13-10(9)3-1;3-2(4,5)1(6)7/h1-3,6-7,11H,4-5H2,(H,12,13);(H,6,7). The molecule has 3 N–H and O–H groups in total. The molecule has 20 heavy (non-hydrogen) atoms. The molecule has 0 saturated carbocycles. The molecule has 1 aromatic carbocycles.